The maximum atomic E-state index is 12.5. The van der Waals surface area contributed by atoms with Crippen LogP contribution in [0.15, 0.2) is 108 Å². The van der Waals surface area contributed by atoms with Crippen LogP contribution in [0, 0.1) is 0 Å². The molecule has 2 heterocycles. The average Bonchev–Trinajstić information content (AvgIpc) is 3.26. The van der Waals surface area contributed by atoms with Gasteiger partial charge in [0.2, 0.25) is 0 Å². The molecule has 0 radical (unpaired) electrons. The van der Waals surface area contributed by atoms with E-state index in [0.717, 1.165) is 28.1 Å². The van der Waals surface area contributed by atoms with Crippen LogP contribution in [0.3, 0.4) is 0 Å². The molecule has 3 aromatic carbocycles. The number of carbonyl (C=O) groups is 1. The number of amidine groups is 1. The number of hydrogen-bond acceptors (Lipinski definition) is 4. The summed E-state index contributed by atoms with van der Waals surface area (Å²) in [6, 6.07) is 29.4. The van der Waals surface area contributed by atoms with Crippen LogP contribution in [0.4, 0.5) is 0 Å². The lowest BCUT2D eigenvalue weighted by molar-refractivity contribution is -0.118. The second kappa shape index (κ2) is 8.12. The molecule has 31 heavy (non-hydrogen) atoms. The summed E-state index contributed by atoms with van der Waals surface area (Å²) in [5.74, 6) is 0.286. The molecule has 0 fully saturated rings. The molecule has 1 aliphatic rings. The molecule has 1 aromatic heterocycles. The normalized spacial score (nSPS) is 14.6. The summed E-state index contributed by atoms with van der Waals surface area (Å²) in [5, 5.41) is 4.79. The van der Waals surface area contributed by atoms with Gasteiger partial charge >= 0.3 is 0 Å². The number of aromatic nitrogens is 2. The van der Waals surface area contributed by atoms with Crippen LogP contribution in [0.5, 0.6) is 0 Å². The Bertz CT molecular complexity index is 1280. The third kappa shape index (κ3) is 3.86. The topological polar surface area (TPSA) is 71.3 Å². The Hall–Kier alpha value is -4.45. The van der Waals surface area contributed by atoms with E-state index in [9.17, 15) is 4.79 Å². The molecule has 6 nitrogen and oxygen atoms in total. The zero-order valence-electron chi connectivity index (χ0n) is 16.6. The molecule has 0 saturated heterocycles. The van der Waals surface area contributed by atoms with Gasteiger partial charge in [-0.05, 0) is 18.2 Å². The Morgan fingerprint density at radius 1 is 0.742 bits per heavy atom. The van der Waals surface area contributed by atoms with E-state index in [1.807, 2.05) is 102 Å². The zero-order chi connectivity index (χ0) is 21.0. The molecule has 0 unspecified atom stereocenters. The monoisotopic (exact) mass is 405 g/mol. The minimum atomic E-state index is -0.300. The fourth-order valence-corrected chi connectivity index (χ4v) is 3.38. The Kier molecular flexibility index (Phi) is 4.86. The Balaban J connectivity index is 1.62. The number of para-hydroxylation sites is 1. The largest absolute Gasteiger partial charge is 0.288 e. The highest BCUT2D eigenvalue weighted by molar-refractivity contribution is 6.09. The van der Waals surface area contributed by atoms with Gasteiger partial charge in [-0.2, -0.15) is 5.10 Å². The Morgan fingerprint density at radius 3 is 2.03 bits per heavy atom. The molecule has 0 saturated carbocycles. The van der Waals surface area contributed by atoms with Crippen LogP contribution in [-0.2, 0) is 4.79 Å². The van der Waals surface area contributed by atoms with E-state index in [4.69, 9.17) is 5.10 Å². The van der Waals surface area contributed by atoms with Gasteiger partial charge in [0.25, 0.3) is 5.91 Å². The van der Waals surface area contributed by atoms with Crippen LogP contribution in [0.2, 0.25) is 0 Å². The molecule has 6 heteroatoms. The molecule has 0 bridgehead atoms. The third-order valence-electron chi connectivity index (χ3n) is 4.91. The summed E-state index contributed by atoms with van der Waals surface area (Å²) < 4.78 is 1.82. The van der Waals surface area contributed by atoms with Gasteiger partial charge < -0.3 is 0 Å². The molecule has 2 N–H and O–H groups in total. The second-order valence-electron chi connectivity index (χ2n) is 7.01. The van der Waals surface area contributed by atoms with Gasteiger partial charge in [-0.15, -0.1) is 0 Å². The van der Waals surface area contributed by atoms with Gasteiger partial charge in [-0.25, -0.2) is 9.67 Å². The van der Waals surface area contributed by atoms with Gasteiger partial charge in [0, 0.05) is 22.9 Å². The van der Waals surface area contributed by atoms with Crippen molar-refractivity contribution in [3.8, 4) is 16.9 Å². The summed E-state index contributed by atoms with van der Waals surface area (Å²) in [4.78, 5) is 17.1. The quantitative estimate of drug-likeness (QED) is 0.505. The molecular weight excluding hydrogens is 386 g/mol. The lowest BCUT2D eigenvalue weighted by Gasteiger charge is -2.17. The van der Waals surface area contributed by atoms with Crippen molar-refractivity contribution >= 4 is 17.8 Å². The van der Waals surface area contributed by atoms with Crippen molar-refractivity contribution < 1.29 is 4.79 Å². The highest BCUT2D eigenvalue weighted by Crippen LogP contribution is 2.26. The predicted octanol–water partition coefficient (Wildman–Crippen LogP) is 3.96. The maximum Gasteiger partial charge on any atom is 0.288 e. The number of aliphatic imine (C=N–C) groups is 1. The van der Waals surface area contributed by atoms with Gasteiger partial charge in [-0.3, -0.25) is 15.6 Å². The van der Waals surface area contributed by atoms with E-state index in [0.29, 0.717) is 11.5 Å². The van der Waals surface area contributed by atoms with Crippen molar-refractivity contribution in [1.82, 2.24) is 20.6 Å². The van der Waals surface area contributed by atoms with Crippen LogP contribution < -0.4 is 10.9 Å². The van der Waals surface area contributed by atoms with E-state index in [2.05, 4.69) is 15.8 Å². The highest BCUT2D eigenvalue weighted by Gasteiger charge is 2.19. The third-order valence-corrected chi connectivity index (χ3v) is 4.91. The van der Waals surface area contributed by atoms with Crippen molar-refractivity contribution in [1.29, 1.82) is 0 Å². The predicted molar refractivity (Wildman–Crippen MR) is 121 cm³/mol. The lowest BCUT2D eigenvalue weighted by atomic mass is 10.1. The standard InChI is InChI=1S/C25H19N5O/c31-25-22(26-24(27-28-25)19-12-6-2-7-13-19)16-20-17-30(21-14-8-3-9-15-21)29-23(20)18-10-4-1-5-11-18/h1-17H,(H,26,27)(H,28,31)/b22-16-. The van der Waals surface area contributed by atoms with E-state index < -0.39 is 0 Å². The second-order valence-corrected chi connectivity index (χ2v) is 7.01. The SMILES string of the molecule is O=C1NNC(c2ccccc2)=N/C1=C\c1cn(-c2ccccc2)nc1-c1ccccc1. The molecular formula is C25H19N5O. The molecule has 0 atom stereocenters. The first-order valence-corrected chi connectivity index (χ1v) is 9.90. The number of nitrogens with one attached hydrogen (secondary N) is 2. The first-order chi connectivity index (χ1) is 15.3. The van der Waals surface area contributed by atoms with E-state index in [-0.39, 0.29) is 5.91 Å². The number of benzene rings is 3. The molecule has 150 valence electrons. The summed E-state index contributed by atoms with van der Waals surface area (Å²) in [6.07, 6.45) is 3.69. The Labute approximate surface area is 179 Å². The van der Waals surface area contributed by atoms with Crippen molar-refractivity contribution in [3.05, 3.63) is 114 Å². The minimum Gasteiger partial charge on any atom is -0.281 e. The van der Waals surface area contributed by atoms with Crippen LogP contribution >= 0.6 is 0 Å². The first-order valence-electron chi connectivity index (χ1n) is 9.90. The first kappa shape index (κ1) is 18.6. The molecule has 1 aliphatic heterocycles. The van der Waals surface area contributed by atoms with Gasteiger partial charge in [0.15, 0.2) is 5.84 Å². The summed E-state index contributed by atoms with van der Waals surface area (Å²) >= 11 is 0. The minimum absolute atomic E-state index is 0.300. The number of hydrogen-bond donors (Lipinski definition) is 2. The van der Waals surface area contributed by atoms with Crippen molar-refractivity contribution in [2.45, 2.75) is 0 Å². The Morgan fingerprint density at radius 2 is 1.35 bits per heavy atom. The fraction of sp³-hybridized carbons (Fsp3) is 0. The van der Waals surface area contributed by atoms with Crippen molar-refractivity contribution in [3.63, 3.8) is 0 Å². The van der Waals surface area contributed by atoms with Gasteiger partial charge in [-0.1, -0.05) is 78.9 Å². The number of carbonyl (C=O) groups excluding carboxylic acids is 1. The summed E-state index contributed by atoms with van der Waals surface area (Å²) in [7, 11) is 0. The zero-order valence-corrected chi connectivity index (χ0v) is 16.6. The number of rotatable bonds is 4. The molecule has 0 spiro atoms. The van der Waals surface area contributed by atoms with E-state index in [1.54, 1.807) is 6.08 Å². The van der Waals surface area contributed by atoms with Crippen molar-refractivity contribution in [2.75, 3.05) is 0 Å². The molecule has 5 rings (SSSR count). The van der Waals surface area contributed by atoms with E-state index >= 15 is 0 Å². The molecule has 4 aromatic rings. The van der Waals surface area contributed by atoms with Crippen LogP contribution in [-0.4, -0.2) is 21.5 Å². The number of amides is 1. The van der Waals surface area contributed by atoms with Gasteiger partial charge in [0.1, 0.15) is 11.4 Å². The van der Waals surface area contributed by atoms with Crippen LogP contribution in [0.1, 0.15) is 11.1 Å². The fourth-order valence-electron chi connectivity index (χ4n) is 3.38. The smallest absolute Gasteiger partial charge is 0.281 e. The lowest BCUT2D eigenvalue weighted by Crippen LogP contribution is -2.46. The molecule has 0 aliphatic carbocycles. The van der Waals surface area contributed by atoms with E-state index in [1.165, 1.54) is 0 Å². The van der Waals surface area contributed by atoms with Crippen LogP contribution in [0.25, 0.3) is 23.0 Å². The molecule has 1 amide bonds. The summed E-state index contributed by atoms with van der Waals surface area (Å²) in [6.45, 7) is 0. The number of nitrogens with zero attached hydrogens (tertiary/aromatic N) is 3. The summed E-state index contributed by atoms with van der Waals surface area (Å²) in [5.41, 5.74) is 10.2. The maximum absolute atomic E-state index is 12.5. The van der Waals surface area contributed by atoms with Crippen molar-refractivity contribution in [2.24, 2.45) is 4.99 Å². The van der Waals surface area contributed by atoms with Gasteiger partial charge in [0.05, 0.1) is 5.69 Å². The number of hydrazine groups is 1. The average molecular weight is 405 g/mol. The highest BCUT2D eigenvalue weighted by atomic mass is 16.2.